The van der Waals surface area contributed by atoms with Gasteiger partial charge in [0.05, 0.1) is 12.2 Å². The maximum absolute atomic E-state index is 13.2. The molecular weight excluding hydrogens is 427 g/mol. The number of rotatable bonds is 7. The summed E-state index contributed by atoms with van der Waals surface area (Å²) >= 11 is 0. The number of hydrogen-bond donors (Lipinski definition) is 3. The van der Waals surface area contributed by atoms with Crippen LogP contribution in [0.15, 0.2) is 42.5 Å². The maximum atomic E-state index is 13.2. The van der Waals surface area contributed by atoms with E-state index in [-0.39, 0.29) is 35.7 Å². The number of aliphatic hydroxyl groups is 1. The second kappa shape index (κ2) is 9.60. The number of amides is 1. The highest BCUT2D eigenvalue weighted by molar-refractivity contribution is 5.99. The van der Waals surface area contributed by atoms with Gasteiger partial charge in [0.15, 0.2) is 0 Å². The van der Waals surface area contributed by atoms with Gasteiger partial charge in [0.2, 0.25) is 0 Å². The van der Waals surface area contributed by atoms with Crippen molar-refractivity contribution < 1.29 is 37.7 Å². The number of alkyl halides is 3. The van der Waals surface area contributed by atoms with Crippen LogP contribution in [0.1, 0.15) is 48.0 Å². The molecule has 0 atom stereocenters. The van der Waals surface area contributed by atoms with Gasteiger partial charge in [0.25, 0.3) is 5.91 Å². The summed E-state index contributed by atoms with van der Waals surface area (Å²) in [5.74, 6) is -1.54. The Bertz CT molecular complexity index is 984. The Hall–Kier alpha value is -3.07. The summed E-state index contributed by atoms with van der Waals surface area (Å²) < 4.78 is 45.0. The highest BCUT2D eigenvalue weighted by atomic mass is 19.4. The fourth-order valence-corrected chi connectivity index (χ4v) is 3.88. The SMILES string of the molecule is O=C(NC1(C(=O)O)CCCCC1)c1ccc(OCCO)c(-c2cccc(C(F)(F)F)c2)c1. The summed E-state index contributed by atoms with van der Waals surface area (Å²) in [5.41, 5.74) is -1.72. The number of halogens is 3. The van der Waals surface area contributed by atoms with Gasteiger partial charge in [0, 0.05) is 11.1 Å². The zero-order chi connectivity index (χ0) is 23.4. The van der Waals surface area contributed by atoms with Gasteiger partial charge < -0.3 is 20.3 Å². The number of carbonyl (C=O) groups excluding carboxylic acids is 1. The van der Waals surface area contributed by atoms with Crippen LogP contribution in [0.5, 0.6) is 5.75 Å². The number of nitrogens with one attached hydrogen (secondary N) is 1. The van der Waals surface area contributed by atoms with Crippen LogP contribution in [0.4, 0.5) is 13.2 Å². The van der Waals surface area contributed by atoms with Gasteiger partial charge in [-0.2, -0.15) is 13.2 Å². The summed E-state index contributed by atoms with van der Waals surface area (Å²) in [6.07, 6.45) is -1.68. The molecule has 0 unspecified atom stereocenters. The molecule has 6 nitrogen and oxygen atoms in total. The summed E-state index contributed by atoms with van der Waals surface area (Å²) in [6, 6.07) is 8.80. The first-order chi connectivity index (χ1) is 15.2. The lowest BCUT2D eigenvalue weighted by Crippen LogP contribution is -2.55. The average Bonchev–Trinajstić information content (AvgIpc) is 2.77. The standard InChI is InChI=1S/C23H24F3NO5/c24-23(25,26)17-6-4-5-15(13-17)18-14-16(7-8-19(18)32-12-11-28)20(29)27-22(21(30)31)9-2-1-3-10-22/h4-8,13-14,28H,1-3,9-12H2,(H,27,29)(H,30,31). The van der Waals surface area contributed by atoms with Crippen LogP contribution in [0, 0.1) is 0 Å². The lowest BCUT2D eigenvalue weighted by Gasteiger charge is -2.34. The van der Waals surface area contributed by atoms with Gasteiger partial charge in [-0.25, -0.2) is 4.79 Å². The molecule has 0 heterocycles. The minimum Gasteiger partial charge on any atom is -0.491 e. The van der Waals surface area contributed by atoms with E-state index >= 15 is 0 Å². The minimum absolute atomic E-state index is 0.0837. The number of ether oxygens (including phenoxy) is 1. The Kier molecular flexibility index (Phi) is 7.08. The van der Waals surface area contributed by atoms with Crippen LogP contribution in [-0.4, -0.2) is 40.8 Å². The van der Waals surface area contributed by atoms with Gasteiger partial charge in [-0.15, -0.1) is 0 Å². The summed E-state index contributed by atoms with van der Waals surface area (Å²) in [7, 11) is 0. The molecule has 3 N–H and O–H groups in total. The van der Waals surface area contributed by atoms with E-state index in [0.717, 1.165) is 18.6 Å². The Morgan fingerprint density at radius 1 is 1.06 bits per heavy atom. The predicted molar refractivity (Wildman–Crippen MR) is 110 cm³/mol. The molecule has 0 bridgehead atoms. The van der Waals surface area contributed by atoms with Gasteiger partial charge in [-0.3, -0.25) is 4.79 Å². The number of aliphatic hydroxyl groups excluding tert-OH is 1. The molecule has 0 radical (unpaired) electrons. The van der Waals surface area contributed by atoms with Crippen molar-refractivity contribution in [1.29, 1.82) is 0 Å². The van der Waals surface area contributed by atoms with E-state index in [0.29, 0.717) is 25.7 Å². The van der Waals surface area contributed by atoms with Crippen LogP contribution in [0.25, 0.3) is 11.1 Å². The summed E-state index contributed by atoms with van der Waals surface area (Å²) in [6.45, 7) is -0.384. The van der Waals surface area contributed by atoms with E-state index in [9.17, 15) is 27.9 Å². The van der Waals surface area contributed by atoms with Crippen LogP contribution >= 0.6 is 0 Å². The van der Waals surface area contributed by atoms with Crippen molar-refractivity contribution in [2.45, 2.75) is 43.8 Å². The molecule has 2 aromatic rings. The van der Waals surface area contributed by atoms with Crippen molar-refractivity contribution in [2.75, 3.05) is 13.2 Å². The highest BCUT2D eigenvalue weighted by Gasteiger charge is 2.41. The second-order valence-electron chi connectivity index (χ2n) is 7.76. The molecular formula is C23H24F3NO5. The molecule has 1 aliphatic rings. The lowest BCUT2D eigenvalue weighted by atomic mass is 9.81. The number of hydrogen-bond acceptors (Lipinski definition) is 4. The third kappa shape index (κ3) is 5.21. The topological polar surface area (TPSA) is 95.9 Å². The molecule has 172 valence electrons. The van der Waals surface area contributed by atoms with Crippen molar-refractivity contribution in [1.82, 2.24) is 5.32 Å². The molecule has 32 heavy (non-hydrogen) atoms. The zero-order valence-corrected chi connectivity index (χ0v) is 17.2. The van der Waals surface area contributed by atoms with Crippen LogP contribution in [-0.2, 0) is 11.0 Å². The molecule has 1 saturated carbocycles. The molecule has 1 amide bonds. The second-order valence-corrected chi connectivity index (χ2v) is 7.76. The first-order valence-corrected chi connectivity index (χ1v) is 10.3. The van der Waals surface area contributed by atoms with Crippen LogP contribution in [0.2, 0.25) is 0 Å². The molecule has 9 heteroatoms. The van der Waals surface area contributed by atoms with Gasteiger partial charge in [-0.1, -0.05) is 31.4 Å². The first-order valence-electron chi connectivity index (χ1n) is 10.3. The first kappa shape index (κ1) is 23.6. The Morgan fingerprint density at radius 3 is 2.41 bits per heavy atom. The van der Waals surface area contributed by atoms with Crippen molar-refractivity contribution in [3.05, 3.63) is 53.6 Å². The molecule has 2 aromatic carbocycles. The molecule has 1 fully saturated rings. The molecule has 1 aliphatic carbocycles. The fraction of sp³-hybridized carbons (Fsp3) is 0.391. The summed E-state index contributed by atoms with van der Waals surface area (Å²) in [4.78, 5) is 24.8. The Morgan fingerprint density at radius 2 is 1.78 bits per heavy atom. The third-order valence-electron chi connectivity index (χ3n) is 5.56. The maximum Gasteiger partial charge on any atom is 0.416 e. The van der Waals surface area contributed by atoms with Crippen molar-refractivity contribution in [3.63, 3.8) is 0 Å². The molecule has 0 aromatic heterocycles. The van der Waals surface area contributed by atoms with E-state index in [2.05, 4.69) is 5.32 Å². The summed E-state index contributed by atoms with van der Waals surface area (Å²) in [5, 5.41) is 21.4. The Balaban J connectivity index is 1.98. The number of carboxylic acid groups (broad SMARTS) is 1. The van der Waals surface area contributed by atoms with Crippen LogP contribution < -0.4 is 10.1 Å². The number of carboxylic acids is 1. The Labute approximate surface area is 183 Å². The van der Waals surface area contributed by atoms with Gasteiger partial charge in [0.1, 0.15) is 17.9 Å². The van der Waals surface area contributed by atoms with Crippen LogP contribution in [0.3, 0.4) is 0 Å². The fourth-order valence-electron chi connectivity index (χ4n) is 3.88. The quantitative estimate of drug-likeness (QED) is 0.585. The van der Waals surface area contributed by atoms with Crippen molar-refractivity contribution in [3.8, 4) is 16.9 Å². The van der Waals surface area contributed by atoms with E-state index in [1.807, 2.05) is 0 Å². The monoisotopic (exact) mass is 451 g/mol. The zero-order valence-electron chi connectivity index (χ0n) is 17.2. The molecule has 0 spiro atoms. The predicted octanol–water partition coefficient (Wildman–Crippen LogP) is 4.26. The molecule has 3 rings (SSSR count). The van der Waals surface area contributed by atoms with Gasteiger partial charge in [-0.05, 0) is 48.7 Å². The third-order valence-corrected chi connectivity index (χ3v) is 5.56. The smallest absolute Gasteiger partial charge is 0.416 e. The number of benzene rings is 2. The van der Waals surface area contributed by atoms with E-state index < -0.39 is 29.2 Å². The van der Waals surface area contributed by atoms with E-state index in [4.69, 9.17) is 9.84 Å². The lowest BCUT2D eigenvalue weighted by molar-refractivity contribution is -0.146. The van der Waals surface area contributed by atoms with Gasteiger partial charge >= 0.3 is 12.1 Å². The largest absolute Gasteiger partial charge is 0.491 e. The molecule has 0 aliphatic heterocycles. The average molecular weight is 451 g/mol. The highest BCUT2D eigenvalue weighted by Crippen LogP contribution is 2.36. The molecule has 0 saturated heterocycles. The van der Waals surface area contributed by atoms with Crippen molar-refractivity contribution >= 4 is 11.9 Å². The van der Waals surface area contributed by atoms with Crippen molar-refractivity contribution in [2.24, 2.45) is 0 Å². The normalized spacial score (nSPS) is 15.8. The number of carbonyl (C=O) groups is 2. The minimum atomic E-state index is -4.55. The van der Waals surface area contributed by atoms with E-state index in [1.165, 1.54) is 30.3 Å². The number of aliphatic carboxylic acids is 1. The van der Waals surface area contributed by atoms with E-state index in [1.54, 1.807) is 0 Å².